The second-order valence-electron chi connectivity index (χ2n) is 4.21. The lowest BCUT2D eigenvalue weighted by Gasteiger charge is -2.05. The van der Waals surface area contributed by atoms with Crippen LogP contribution < -0.4 is 4.74 Å². The van der Waals surface area contributed by atoms with Crippen LogP contribution in [0.15, 0.2) is 34.7 Å². The van der Waals surface area contributed by atoms with Crippen molar-refractivity contribution in [1.29, 1.82) is 0 Å². The van der Waals surface area contributed by atoms with E-state index in [2.05, 4.69) is 4.74 Å². The molecule has 0 bridgehead atoms. The van der Waals surface area contributed by atoms with Crippen molar-refractivity contribution in [1.82, 2.24) is 0 Å². The summed E-state index contributed by atoms with van der Waals surface area (Å²) in [5.41, 5.74) is -0.964. The number of carbonyl (C=O) groups is 1. The molecule has 0 aliphatic carbocycles. The molecule has 0 fully saturated rings. The average Bonchev–Trinajstić information content (AvgIpc) is 3.00. The topological polar surface area (TPSA) is 135 Å². The van der Waals surface area contributed by atoms with Crippen LogP contribution in [-0.4, -0.2) is 22.9 Å². The summed E-state index contributed by atoms with van der Waals surface area (Å²) in [6, 6.07) is 5.83. The second kappa shape index (κ2) is 6.56. The van der Waals surface area contributed by atoms with Crippen LogP contribution in [0.25, 0.3) is 0 Å². The van der Waals surface area contributed by atoms with Gasteiger partial charge in [-0.3, -0.25) is 20.2 Å². The summed E-state index contributed by atoms with van der Waals surface area (Å²) in [7, 11) is 1.20. The zero-order valence-electron chi connectivity index (χ0n) is 11.8. The smallest absolute Gasteiger partial charge is 0.373 e. The van der Waals surface area contributed by atoms with Crippen molar-refractivity contribution in [3.8, 4) is 5.75 Å². The van der Waals surface area contributed by atoms with E-state index in [0.29, 0.717) is 0 Å². The van der Waals surface area contributed by atoms with Gasteiger partial charge in [0.25, 0.3) is 5.69 Å². The van der Waals surface area contributed by atoms with Crippen molar-refractivity contribution in [3.05, 3.63) is 62.1 Å². The standard InChI is InChI=1S/C13H10N2O8/c1-21-13(16)12-5-3-9(23-12)7-22-11-4-2-8(14(17)18)6-10(11)15(19)20/h2-6H,7H2,1H3. The molecular weight excluding hydrogens is 312 g/mol. The number of methoxy groups -OCH3 is 1. The van der Waals surface area contributed by atoms with Crippen LogP contribution in [0.4, 0.5) is 11.4 Å². The average molecular weight is 322 g/mol. The minimum atomic E-state index is -0.787. The molecule has 0 aliphatic heterocycles. The summed E-state index contributed by atoms with van der Waals surface area (Å²) in [4.78, 5) is 31.3. The SMILES string of the molecule is COC(=O)c1ccc(COc2ccc([N+](=O)[O-])cc2[N+](=O)[O-])o1. The fourth-order valence-corrected chi connectivity index (χ4v) is 1.70. The van der Waals surface area contributed by atoms with Gasteiger partial charge in [0.2, 0.25) is 5.76 Å². The van der Waals surface area contributed by atoms with Gasteiger partial charge in [-0.05, 0) is 18.2 Å². The predicted octanol–water partition coefficient (Wildman–Crippen LogP) is 2.46. The molecule has 2 aromatic rings. The normalized spacial score (nSPS) is 10.1. The largest absolute Gasteiger partial charge is 0.479 e. The van der Waals surface area contributed by atoms with Crippen LogP contribution in [0, 0.1) is 20.2 Å². The highest BCUT2D eigenvalue weighted by molar-refractivity contribution is 5.86. The number of rotatable bonds is 6. The Morgan fingerprint density at radius 1 is 1.17 bits per heavy atom. The Bertz CT molecular complexity index is 767. The van der Waals surface area contributed by atoms with Gasteiger partial charge in [-0.15, -0.1) is 0 Å². The number of ether oxygens (including phenoxy) is 2. The number of hydrogen-bond acceptors (Lipinski definition) is 8. The Hall–Kier alpha value is -3.43. The Kier molecular flexibility index (Phi) is 4.55. The maximum Gasteiger partial charge on any atom is 0.373 e. The van der Waals surface area contributed by atoms with E-state index in [1.54, 1.807) is 0 Å². The summed E-state index contributed by atoms with van der Waals surface area (Å²) in [6.07, 6.45) is 0. The molecule has 0 saturated heterocycles. The fourth-order valence-electron chi connectivity index (χ4n) is 1.70. The number of nitro groups is 2. The quantitative estimate of drug-likeness (QED) is 0.449. The number of non-ortho nitro benzene ring substituents is 1. The maximum atomic E-state index is 11.2. The Morgan fingerprint density at radius 3 is 2.52 bits per heavy atom. The zero-order chi connectivity index (χ0) is 17.0. The van der Waals surface area contributed by atoms with E-state index in [1.165, 1.54) is 19.2 Å². The Balaban J connectivity index is 2.17. The van der Waals surface area contributed by atoms with Crippen LogP contribution in [-0.2, 0) is 11.3 Å². The minimum absolute atomic E-state index is 0.0377. The lowest BCUT2D eigenvalue weighted by atomic mass is 10.2. The molecule has 0 radical (unpaired) electrons. The molecule has 0 unspecified atom stereocenters. The van der Waals surface area contributed by atoms with Gasteiger partial charge in [-0.1, -0.05) is 0 Å². The fraction of sp³-hybridized carbons (Fsp3) is 0.154. The lowest BCUT2D eigenvalue weighted by Crippen LogP contribution is -2.00. The molecule has 0 saturated carbocycles. The molecule has 1 heterocycles. The third kappa shape index (κ3) is 3.61. The lowest BCUT2D eigenvalue weighted by molar-refractivity contribution is -0.394. The molecule has 10 nitrogen and oxygen atoms in total. The van der Waals surface area contributed by atoms with Gasteiger partial charge in [0, 0.05) is 6.07 Å². The van der Waals surface area contributed by atoms with Crippen molar-refractivity contribution < 1.29 is 28.5 Å². The number of nitro benzene ring substituents is 2. The van der Waals surface area contributed by atoms with E-state index in [-0.39, 0.29) is 23.9 Å². The number of carbonyl (C=O) groups excluding carboxylic acids is 1. The highest BCUT2D eigenvalue weighted by Crippen LogP contribution is 2.31. The van der Waals surface area contributed by atoms with Gasteiger partial charge in [-0.25, -0.2) is 4.79 Å². The van der Waals surface area contributed by atoms with Crippen LogP contribution in [0.1, 0.15) is 16.3 Å². The highest BCUT2D eigenvalue weighted by Gasteiger charge is 2.21. The minimum Gasteiger partial charge on any atom is -0.479 e. The molecule has 23 heavy (non-hydrogen) atoms. The Labute approximate surface area is 128 Å². The maximum absolute atomic E-state index is 11.2. The number of benzene rings is 1. The van der Waals surface area contributed by atoms with Crippen molar-refractivity contribution in [2.24, 2.45) is 0 Å². The number of nitrogens with zero attached hydrogens (tertiary/aromatic N) is 2. The summed E-state index contributed by atoms with van der Waals surface area (Å²) in [6.45, 7) is -0.199. The summed E-state index contributed by atoms with van der Waals surface area (Å²) in [5, 5.41) is 21.6. The van der Waals surface area contributed by atoms with E-state index in [0.717, 1.165) is 18.2 Å². The van der Waals surface area contributed by atoms with Crippen molar-refractivity contribution in [3.63, 3.8) is 0 Å². The molecule has 0 atom stereocenters. The molecule has 0 amide bonds. The van der Waals surface area contributed by atoms with Gasteiger partial charge >= 0.3 is 11.7 Å². The molecule has 2 rings (SSSR count). The van der Waals surface area contributed by atoms with E-state index < -0.39 is 27.2 Å². The van der Waals surface area contributed by atoms with E-state index in [9.17, 15) is 25.0 Å². The third-order valence-electron chi connectivity index (χ3n) is 2.77. The first-order chi connectivity index (χ1) is 10.9. The molecule has 120 valence electrons. The molecule has 0 aliphatic rings. The number of hydrogen-bond donors (Lipinski definition) is 0. The first-order valence-electron chi connectivity index (χ1n) is 6.15. The van der Waals surface area contributed by atoms with Crippen molar-refractivity contribution in [2.75, 3.05) is 7.11 Å². The van der Waals surface area contributed by atoms with E-state index in [4.69, 9.17) is 9.15 Å². The molecule has 0 N–H and O–H groups in total. The number of esters is 1. The summed E-state index contributed by atoms with van der Waals surface area (Å²) in [5.74, 6) is -0.628. The van der Waals surface area contributed by atoms with E-state index in [1.807, 2.05) is 0 Å². The van der Waals surface area contributed by atoms with Gasteiger partial charge in [0.05, 0.1) is 23.0 Å². The molecule has 1 aromatic heterocycles. The second-order valence-corrected chi connectivity index (χ2v) is 4.21. The van der Waals surface area contributed by atoms with Gasteiger partial charge < -0.3 is 13.9 Å². The molecule has 0 spiro atoms. The van der Waals surface area contributed by atoms with Gasteiger partial charge in [0.1, 0.15) is 12.4 Å². The molecular formula is C13H10N2O8. The van der Waals surface area contributed by atoms with E-state index >= 15 is 0 Å². The van der Waals surface area contributed by atoms with Crippen LogP contribution >= 0.6 is 0 Å². The number of furan rings is 1. The van der Waals surface area contributed by atoms with Crippen molar-refractivity contribution >= 4 is 17.3 Å². The zero-order valence-corrected chi connectivity index (χ0v) is 11.8. The first-order valence-corrected chi connectivity index (χ1v) is 6.15. The molecule has 1 aromatic carbocycles. The summed E-state index contributed by atoms with van der Waals surface area (Å²) >= 11 is 0. The van der Waals surface area contributed by atoms with Gasteiger partial charge in [0.15, 0.2) is 5.75 Å². The molecule has 10 heteroatoms. The first kappa shape index (κ1) is 15.9. The highest BCUT2D eigenvalue weighted by atomic mass is 16.6. The van der Waals surface area contributed by atoms with Gasteiger partial charge in [-0.2, -0.15) is 0 Å². The van der Waals surface area contributed by atoms with Crippen LogP contribution in [0.5, 0.6) is 5.75 Å². The predicted molar refractivity (Wildman–Crippen MR) is 74.1 cm³/mol. The van der Waals surface area contributed by atoms with Crippen molar-refractivity contribution in [2.45, 2.75) is 6.61 Å². The third-order valence-corrected chi connectivity index (χ3v) is 2.77. The summed E-state index contributed by atoms with van der Waals surface area (Å²) < 4.78 is 14.9. The van der Waals surface area contributed by atoms with Crippen LogP contribution in [0.2, 0.25) is 0 Å². The Morgan fingerprint density at radius 2 is 1.91 bits per heavy atom. The van der Waals surface area contributed by atoms with Crippen LogP contribution in [0.3, 0.4) is 0 Å². The monoisotopic (exact) mass is 322 g/mol.